The number of carbonyl (C=O) groups is 1. The lowest BCUT2D eigenvalue weighted by Crippen LogP contribution is -2.37. The SMILES string of the molecule is CCCCNC(=O)C(C)Oc1ccccc1CC(N)CC. The number of nitrogens with one attached hydrogen (secondary N) is 1. The summed E-state index contributed by atoms with van der Waals surface area (Å²) in [7, 11) is 0. The van der Waals surface area contributed by atoms with Crippen LogP contribution in [0.1, 0.15) is 45.6 Å². The zero-order valence-electron chi connectivity index (χ0n) is 13.4. The van der Waals surface area contributed by atoms with Crippen LogP contribution in [0.4, 0.5) is 0 Å². The van der Waals surface area contributed by atoms with E-state index in [0.717, 1.165) is 37.0 Å². The molecule has 3 N–H and O–H groups in total. The number of nitrogens with two attached hydrogens (primary N) is 1. The van der Waals surface area contributed by atoms with Crippen molar-refractivity contribution >= 4 is 5.91 Å². The predicted molar refractivity (Wildman–Crippen MR) is 86.4 cm³/mol. The molecule has 0 aliphatic heterocycles. The summed E-state index contributed by atoms with van der Waals surface area (Å²) >= 11 is 0. The summed E-state index contributed by atoms with van der Waals surface area (Å²) in [5.74, 6) is 0.678. The second kappa shape index (κ2) is 9.40. The molecule has 0 heterocycles. The average molecular weight is 292 g/mol. The van der Waals surface area contributed by atoms with Crippen molar-refractivity contribution in [3.63, 3.8) is 0 Å². The quantitative estimate of drug-likeness (QED) is 0.688. The second-order valence-corrected chi connectivity index (χ2v) is 5.38. The van der Waals surface area contributed by atoms with Gasteiger partial charge >= 0.3 is 0 Å². The topological polar surface area (TPSA) is 64.3 Å². The summed E-state index contributed by atoms with van der Waals surface area (Å²) in [4.78, 5) is 12.0. The summed E-state index contributed by atoms with van der Waals surface area (Å²) in [5.41, 5.74) is 7.07. The Labute approximate surface area is 128 Å². The van der Waals surface area contributed by atoms with Gasteiger partial charge in [0, 0.05) is 12.6 Å². The minimum Gasteiger partial charge on any atom is -0.481 e. The largest absolute Gasteiger partial charge is 0.481 e. The fraction of sp³-hybridized carbons (Fsp3) is 0.588. The van der Waals surface area contributed by atoms with E-state index < -0.39 is 6.10 Å². The van der Waals surface area contributed by atoms with Gasteiger partial charge in [0.1, 0.15) is 5.75 Å². The Kier molecular flexibility index (Phi) is 7.83. The fourth-order valence-corrected chi connectivity index (χ4v) is 1.99. The third-order valence-corrected chi connectivity index (χ3v) is 3.48. The Morgan fingerprint density at radius 3 is 2.71 bits per heavy atom. The van der Waals surface area contributed by atoms with E-state index in [4.69, 9.17) is 10.5 Å². The maximum absolute atomic E-state index is 12.0. The van der Waals surface area contributed by atoms with Crippen molar-refractivity contribution in [1.82, 2.24) is 5.32 Å². The van der Waals surface area contributed by atoms with Crippen molar-refractivity contribution in [2.24, 2.45) is 5.73 Å². The smallest absolute Gasteiger partial charge is 0.260 e. The molecule has 2 unspecified atom stereocenters. The molecule has 0 aliphatic rings. The maximum atomic E-state index is 12.0. The summed E-state index contributed by atoms with van der Waals surface area (Å²) in [6.45, 7) is 6.64. The molecule has 1 aromatic rings. The van der Waals surface area contributed by atoms with Crippen LogP contribution in [-0.4, -0.2) is 24.6 Å². The number of carbonyl (C=O) groups excluding carboxylic acids is 1. The number of hydrogen-bond acceptors (Lipinski definition) is 3. The Bertz CT molecular complexity index is 435. The van der Waals surface area contributed by atoms with E-state index in [-0.39, 0.29) is 11.9 Å². The van der Waals surface area contributed by atoms with Crippen molar-refractivity contribution in [3.05, 3.63) is 29.8 Å². The first-order valence-corrected chi connectivity index (χ1v) is 7.86. The van der Waals surface area contributed by atoms with Gasteiger partial charge in [0.25, 0.3) is 5.91 Å². The van der Waals surface area contributed by atoms with Crippen molar-refractivity contribution < 1.29 is 9.53 Å². The summed E-state index contributed by atoms with van der Waals surface area (Å²) in [6.07, 6.45) is 3.23. The number of hydrogen-bond donors (Lipinski definition) is 2. The molecule has 1 rings (SSSR count). The van der Waals surface area contributed by atoms with Crippen LogP contribution in [0.3, 0.4) is 0 Å². The highest BCUT2D eigenvalue weighted by Gasteiger charge is 2.16. The van der Waals surface area contributed by atoms with Crippen molar-refractivity contribution in [1.29, 1.82) is 0 Å². The van der Waals surface area contributed by atoms with Gasteiger partial charge in [-0.05, 0) is 37.8 Å². The van der Waals surface area contributed by atoms with Crippen LogP contribution < -0.4 is 15.8 Å². The van der Waals surface area contributed by atoms with E-state index >= 15 is 0 Å². The highest BCUT2D eigenvalue weighted by molar-refractivity contribution is 5.80. The van der Waals surface area contributed by atoms with E-state index in [1.54, 1.807) is 6.92 Å². The Morgan fingerprint density at radius 2 is 2.05 bits per heavy atom. The van der Waals surface area contributed by atoms with Gasteiger partial charge in [-0.15, -0.1) is 0 Å². The molecule has 118 valence electrons. The third-order valence-electron chi connectivity index (χ3n) is 3.48. The molecule has 0 bridgehead atoms. The molecule has 4 nitrogen and oxygen atoms in total. The third kappa shape index (κ3) is 6.17. The lowest BCUT2D eigenvalue weighted by atomic mass is 10.0. The number of ether oxygens (including phenoxy) is 1. The van der Waals surface area contributed by atoms with Crippen LogP contribution in [0.5, 0.6) is 5.75 Å². The van der Waals surface area contributed by atoms with E-state index in [2.05, 4.69) is 19.2 Å². The molecule has 0 fully saturated rings. The Morgan fingerprint density at radius 1 is 1.33 bits per heavy atom. The molecule has 2 atom stereocenters. The van der Waals surface area contributed by atoms with Crippen LogP contribution >= 0.6 is 0 Å². The summed E-state index contributed by atoms with van der Waals surface area (Å²) in [5, 5.41) is 2.89. The van der Waals surface area contributed by atoms with Crippen LogP contribution in [0.15, 0.2) is 24.3 Å². The molecule has 0 saturated carbocycles. The molecule has 0 saturated heterocycles. The van der Waals surface area contributed by atoms with Crippen LogP contribution in [0.2, 0.25) is 0 Å². The molecular weight excluding hydrogens is 264 g/mol. The zero-order chi connectivity index (χ0) is 15.7. The van der Waals surface area contributed by atoms with E-state index in [9.17, 15) is 4.79 Å². The molecule has 1 aromatic carbocycles. The molecular formula is C17H28N2O2. The first-order chi connectivity index (χ1) is 10.1. The molecule has 4 heteroatoms. The van der Waals surface area contributed by atoms with Gasteiger partial charge in [-0.1, -0.05) is 38.5 Å². The molecule has 0 aromatic heterocycles. The predicted octanol–water partition coefficient (Wildman–Crippen LogP) is 2.65. The van der Waals surface area contributed by atoms with Crippen molar-refractivity contribution in [3.8, 4) is 5.75 Å². The van der Waals surface area contributed by atoms with Crippen LogP contribution in [0, 0.1) is 0 Å². The van der Waals surface area contributed by atoms with E-state index in [1.807, 2.05) is 24.3 Å². The van der Waals surface area contributed by atoms with Gasteiger partial charge in [-0.2, -0.15) is 0 Å². The van der Waals surface area contributed by atoms with Crippen molar-refractivity contribution in [2.75, 3.05) is 6.54 Å². The first kappa shape index (κ1) is 17.5. The Hall–Kier alpha value is -1.55. The van der Waals surface area contributed by atoms with Gasteiger partial charge in [0.15, 0.2) is 6.10 Å². The average Bonchev–Trinajstić information content (AvgIpc) is 2.49. The minimum absolute atomic E-state index is 0.0713. The highest BCUT2D eigenvalue weighted by Crippen LogP contribution is 2.21. The van der Waals surface area contributed by atoms with Crippen molar-refractivity contribution in [2.45, 2.75) is 58.6 Å². The number of rotatable bonds is 9. The number of benzene rings is 1. The van der Waals surface area contributed by atoms with Crippen LogP contribution in [0.25, 0.3) is 0 Å². The van der Waals surface area contributed by atoms with E-state index in [0.29, 0.717) is 6.54 Å². The van der Waals surface area contributed by atoms with Gasteiger partial charge in [0.05, 0.1) is 0 Å². The maximum Gasteiger partial charge on any atom is 0.260 e. The molecule has 0 aliphatic carbocycles. The molecule has 21 heavy (non-hydrogen) atoms. The first-order valence-electron chi connectivity index (χ1n) is 7.86. The van der Waals surface area contributed by atoms with Gasteiger partial charge in [-0.25, -0.2) is 0 Å². The fourth-order valence-electron chi connectivity index (χ4n) is 1.99. The monoisotopic (exact) mass is 292 g/mol. The van der Waals surface area contributed by atoms with Crippen LogP contribution in [-0.2, 0) is 11.2 Å². The number of para-hydroxylation sites is 1. The molecule has 0 spiro atoms. The highest BCUT2D eigenvalue weighted by atomic mass is 16.5. The zero-order valence-corrected chi connectivity index (χ0v) is 13.4. The molecule has 0 radical (unpaired) electrons. The summed E-state index contributed by atoms with van der Waals surface area (Å²) < 4.78 is 5.82. The van der Waals surface area contributed by atoms with E-state index in [1.165, 1.54) is 0 Å². The Balaban J connectivity index is 2.62. The van der Waals surface area contributed by atoms with Gasteiger partial charge in [0.2, 0.25) is 0 Å². The number of unbranched alkanes of at least 4 members (excludes halogenated alkanes) is 1. The lowest BCUT2D eigenvalue weighted by molar-refractivity contribution is -0.127. The summed E-state index contributed by atoms with van der Waals surface area (Å²) in [6, 6.07) is 7.90. The van der Waals surface area contributed by atoms with Gasteiger partial charge in [-0.3, -0.25) is 4.79 Å². The standard InChI is InChI=1S/C17H28N2O2/c1-4-6-11-19-17(20)13(3)21-16-10-8-7-9-14(16)12-15(18)5-2/h7-10,13,15H,4-6,11-12,18H2,1-3H3,(H,19,20). The molecule has 1 amide bonds. The minimum atomic E-state index is -0.499. The number of amides is 1. The second-order valence-electron chi connectivity index (χ2n) is 5.38. The normalized spacial score (nSPS) is 13.5. The lowest BCUT2D eigenvalue weighted by Gasteiger charge is -2.18. The van der Waals surface area contributed by atoms with Gasteiger partial charge < -0.3 is 15.8 Å².